The van der Waals surface area contributed by atoms with Gasteiger partial charge in [-0.15, -0.1) is 0 Å². The Morgan fingerprint density at radius 3 is 2.28 bits per heavy atom. The van der Waals surface area contributed by atoms with E-state index in [2.05, 4.69) is 61.7 Å². The molecule has 1 aromatic heterocycles. The summed E-state index contributed by atoms with van der Waals surface area (Å²) < 4.78 is 13.2. The van der Waals surface area contributed by atoms with Gasteiger partial charge in [0.15, 0.2) is 0 Å². The molecular formula is C24H28FN7. The van der Waals surface area contributed by atoms with Crippen LogP contribution in [0.2, 0.25) is 0 Å². The molecule has 0 amide bonds. The minimum atomic E-state index is -0.293. The number of aromatic nitrogens is 3. The molecule has 1 fully saturated rings. The van der Waals surface area contributed by atoms with Crippen molar-refractivity contribution in [3.05, 3.63) is 65.5 Å². The Kier molecular flexibility index (Phi) is 6.89. The van der Waals surface area contributed by atoms with Crippen LogP contribution in [-0.4, -0.2) is 34.3 Å². The normalized spacial score (nSPS) is 14.2. The summed E-state index contributed by atoms with van der Waals surface area (Å²) >= 11 is 0. The third-order valence-corrected chi connectivity index (χ3v) is 5.34. The average Bonchev–Trinajstić information content (AvgIpc) is 2.81. The second kappa shape index (κ2) is 10.2. The van der Waals surface area contributed by atoms with Gasteiger partial charge in [0.05, 0.1) is 6.21 Å². The molecule has 7 nitrogen and oxygen atoms in total. The van der Waals surface area contributed by atoms with E-state index in [0.717, 1.165) is 31.5 Å². The number of rotatable bonds is 7. The maximum absolute atomic E-state index is 13.2. The van der Waals surface area contributed by atoms with Crippen molar-refractivity contribution in [1.82, 2.24) is 15.0 Å². The number of nitrogens with one attached hydrogen (secondary N) is 2. The number of nitrogens with zero attached hydrogens (tertiary/aromatic N) is 5. The lowest BCUT2D eigenvalue weighted by molar-refractivity contribution is 0.568. The highest BCUT2D eigenvalue weighted by Crippen LogP contribution is 2.21. The van der Waals surface area contributed by atoms with Gasteiger partial charge in [-0.05, 0) is 60.6 Å². The van der Waals surface area contributed by atoms with E-state index < -0.39 is 0 Å². The van der Waals surface area contributed by atoms with Crippen molar-refractivity contribution in [2.24, 2.45) is 5.10 Å². The van der Waals surface area contributed by atoms with Gasteiger partial charge in [-0.25, -0.2) is 9.82 Å². The number of hydrogen-bond donors (Lipinski definition) is 2. The van der Waals surface area contributed by atoms with Crippen LogP contribution in [0.25, 0.3) is 0 Å². The van der Waals surface area contributed by atoms with Crippen molar-refractivity contribution < 1.29 is 4.39 Å². The second-order valence-corrected chi connectivity index (χ2v) is 8.15. The first-order chi connectivity index (χ1) is 15.6. The highest BCUT2D eigenvalue weighted by atomic mass is 19.1. The summed E-state index contributed by atoms with van der Waals surface area (Å²) in [4.78, 5) is 15.7. The van der Waals surface area contributed by atoms with E-state index in [1.165, 1.54) is 24.1 Å². The maximum atomic E-state index is 13.2. The van der Waals surface area contributed by atoms with E-state index in [-0.39, 0.29) is 5.82 Å². The topological polar surface area (TPSA) is 78.3 Å². The minimum absolute atomic E-state index is 0.293. The molecule has 166 valence electrons. The van der Waals surface area contributed by atoms with E-state index >= 15 is 0 Å². The van der Waals surface area contributed by atoms with Crippen LogP contribution >= 0.6 is 0 Å². The van der Waals surface area contributed by atoms with E-state index in [9.17, 15) is 4.39 Å². The number of anilines is 4. The Hall–Kier alpha value is -3.55. The van der Waals surface area contributed by atoms with Crippen molar-refractivity contribution >= 4 is 29.7 Å². The van der Waals surface area contributed by atoms with Crippen LogP contribution in [0, 0.1) is 5.82 Å². The summed E-state index contributed by atoms with van der Waals surface area (Å²) in [6, 6.07) is 14.4. The van der Waals surface area contributed by atoms with E-state index in [1.54, 1.807) is 18.3 Å². The molecule has 2 aromatic carbocycles. The maximum Gasteiger partial charge on any atom is 0.250 e. The monoisotopic (exact) mass is 433 g/mol. The second-order valence-electron chi connectivity index (χ2n) is 8.15. The van der Waals surface area contributed by atoms with E-state index in [1.807, 2.05) is 12.1 Å². The molecular weight excluding hydrogens is 405 g/mol. The van der Waals surface area contributed by atoms with Crippen LogP contribution in [0.1, 0.15) is 50.2 Å². The van der Waals surface area contributed by atoms with Crippen LogP contribution in [0.3, 0.4) is 0 Å². The molecule has 32 heavy (non-hydrogen) atoms. The zero-order chi connectivity index (χ0) is 22.3. The number of halogens is 1. The Morgan fingerprint density at radius 1 is 0.906 bits per heavy atom. The highest BCUT2D eigenvalue weighted by molar-refractivity contribution is 5.80. The average molecular weight is 434 g/mol. The standard InChI is InChI=1S/C24H28FN7/c1-17(2)19-8-6-18(7-9-19)16-26-31-23-28-22(27-21-12-10-20(25)11-13-21)29-24(30-23)32-14-4-3-5-15-32/h6-13,16-17H,3-5,14-15H2,1-2H3,(H2,27,28,29,30,31)/b26-16-. The molecule has 3 aromatic rings. The quantitative estimate of drug-likeness (QED) is 0.388. The molecule has 0 aliphatic carbocycles. The van der Waals surface area contributed by atoms with Crippen molar-refractivity contribution in [3.8, 4) is 0 Å². The third kappa shape index (κ3) is 5.78. The first-order valence-corrected chi connectivity index (χ1v) is 11.0. The van der Waals surface area contributed by atoms with Crippen molar-refractivity contribution in [2.75, 3.05) is 28.7 Å². The molecule has 0 atom stereocenters. The lowest BCUT2D eigenvalue weighted by atomic mass is 10.0. The van der Waals surface area contributed by atoms with Gasteiger partial charge in [0.1, 0.15) is 5.82 Å². The fourth-order valence-electron chi connectivity index (χ4n) is 3.50. The molecule has 2 N–H and O–H groups in total. The Morgan fingerprint density at radius 2 is 1.59 bits per heavy atom. The SMILES string of the molecule is CC(C)c1ccc(/C=N\Nc2nc(Nc3ccc(F)cc3)nc(N3CCCCC3)n2)cc1. The molecule has 0 spiro atoms. The molecule has 1 aliphatic heterocycles. The molecule has 1 saturated heterocycles. The van der Waals surface area contributed by atoms with Crippen LogP contribution in [0.5, 0.6) is 0 Å². The van der Waals surface area contributed by atoms with Gasteiger partial charge in [-0.1, -0.05) is 38.1 Å². The fourth-order valence-corrected chi connectivity index (χ4v) is 3.50. The predicted molar refractivity (Wildman–Crippen MR) is 127 cm³/mol. The van der Waals surface area contributed by atoms with E-state index in [0.29, 0.717) is 29.5 Å². The van der Waals surface area contributed by atoms with Gasteiger partial charge >= 0.3 is 0 Å². The zero-order valence-corrected chi connectivity index (χ0v) is 18.4. The molecule has 0 radical (unpaired) electrons. The number of piperidine rings is 1. The van der Waals surface area contributed by atoms with Crippen molar-refractivity contribution in [2.45, 2.75) is 39.0 Å². The molecule has 4 rings (SSSR count). The van der Waals surface area contributed by atoms with Gasteiger partial charge in [0.25, 0.3) is 0 Å². The lowest BCUT2D eigenvalue weighted by Gasteiger charge is -2.26. The summed E-state index contributed by atoms with van der Waals surface area (Å²) in [7, 11) is 0. The Balaban J connectivity index is 1.53. The fraction of sp³-hybridized carbons (Fsp3) is 0.333. The van der Waals surface area contributed by atoms with Crippen LogP contribution in [0.15, 0.2) is 53.6 Å². The van der Waals surface area contributed by atoms with Gasteiger partial charge in [0, 0.05) is 18.8 Å². The summed E-state index contributed by atoms with van der Waals surface area (Å²) in [6.07, 6.45) is 5.17. The number of hydrogen-bond acceptors (Lipinski definition) is 7. The van der Waals surface area contributed by atoms with Gasteiger partial charge in [0.2, 0.25) is 17.8 Å². The molecule has 2 heterocycles. The highest BCUT2D eigenvalue weighted by Gasteiger charge is 2.16. The van der Waals surface area contributed by atoms with Gasteiger partial charge in [-0.2, -0.15) is 20.1 Å². The predicted octanol–water partition coefficient (Wildman–Crippen LogP) is 5.31. The van der Waals surface area contributed by atoms with Crippen molar-refractivity contribution in [1.29, 1.82) is 0 Å². The van der Waals surface area contributed by atoms with E-state index in [4.69, 9.17) is 0 Å². The zero-order valence-electron chi connectivity index (χ0n) is 18.4. The Labute approximate surface area is 187 Å². The molecule has 1 aliphatic rings. The summed E-state index contributed by atoms with van der Waals surface area (Å²) in [5.41, 5.74) is 5.89. The molecule has 0 unspecified atom stereocenters. The summed E-state index contributed by atoms with van der Waals surface area (Å²) in [6.45, 7) is 6.15. The summed E-state index contributed by atoms with van der Waals surface area (Å²) in [5.74, 6) is 1.53. The Bertz CT molecular complexity index is 1040. The summed E-state index contributed by atoms with van der Waals surface area (Å²) in [5, 5.41) is 7.44. The first kappa shape index (κ1) is 21.7. The number of benzene rings is 2. The molecule has 0 bridgehead atoms. The van der Waals surface area contributed by atoms with Crippen LogP contribution < -0.4 is 15.6 Å². The number of hydrazone groups is 1. The van der Waals surface area contributed by atoms with Crippen molar-refractivity contribution in [3.63, 3.8) is 0 Å². The van der Waals surface area contributed by atoms with Gasteiger partial charge in [-0.3, -0.25) is 0 Å². The van der Waals surface area contributed by atoms with Crippen LogP contribution in [0.4, 0.5) is 27.9 Å². The largest absolute Gasteiger partial charge is 0.341 e. The third-order valence-electron chi connectivity index (χ3n) is 5.34. The van der Waals surface area contributed by atoms with Gasteiger partial charge < -0.3 is 10.2 Å². The lowest BCUT2D eigenvalue weighted by Crippen LogP contribution is -2.31. The minimum Gasteiger partial charge on any atom is -0.341 e. The molecule has 8 heteroatoms. The van der Waals surface area contributed by atoms with Crippen LogP contribution in [-0.2, 0) is 0 Å². The first-order valence-electron chi connectivity index (χ1n) is 11.0. The molecule has 0 saturated carbocycles. The smallest absolute Gasteiger partial charge is 0.250 e.